The number of esters is 2. The first kappa shape index (κ1) is 29.6. The van der Waals surface area contributed by atoms with Gasteiger partial charge in [0, 0.05) is 23.4 Å². The number of rotatable bonds is 10. The first-order valence-electron chi connectivity index (χ1n) is 13.7. The molecule has 0 aliphatic heterocycles. The highest BCUT2D eigenvalue weighted by atomic mass is 16.6. The second-order valence-electron chi connectivity index (χ2n) is 9.47. The minimum absolute atomic E-state index is 0.181. The molecule has 2 N–H and O–H groups in total. The van der Waals surface area contributed by atoms with Crippen LogP contribution in [-0.4, -0.2) is 42.8 Å². The third-order valence-electron chi connectivity index (χ3n) is 6.50. The molecule has 0 bridgehead atoms. The minimum atomic E-state index is -0.667. The van der Waals surface area contributed by atoms with E-state index in [1.165, 1.54) is 38.4 Å². The predicted octanol–water partition coefficient (Wildman–Crippen LogP) is 6.15. The van der Waals surface area contributed by atoms with E-state index in [9.17, 15) is 14.4 Å². The molecule has 5 rings (SSSR count). The number of aromatic nitrogens is 1. The Hall–Kier alpha value is -5.90. The monoisotopic (exact) mass is 591 g/mol. The average molecular weight is 592 g/mol. The topological polar surface area (TPSA) is 128 Å². The number of amides is 1. The number of methoxy groups -OCH3 is 1. The highest BCUT2D eigenvalue weighted by Crippen LogP contribution is 2.33. The molecule has 222 valence electrons. The maximum atomic E-state index is 13.2. The van der Waals surface area contributed by atoms with E-state index in [1.54, 1.807) is 25.1 Å². The van der Waals surface area contributed by atoms with Crippen LogP contribution in [0.4, 0.5) is 0 Å². The second kappa shape index (κ2) is 13.4. The van der Waals surface area contributed by atoms with Gasteiger partial charge in [0.1, 0.15) is 5.69 Å². The summed E-state index contributed by atoms with van der Waals surface area (Å²) in [5.41, 5.74) is 6.30. The predicted molar refractivity (Wildman–Crippen MR) is 166 cm³/mol. The van der Waals surface area contributed by atoms with Gasteiger partial charge in [0.2, 0.25) is 0 Å². The van der Waals surface area contributed by atoms with Crippen LogP contribution in [0.3, 0.4) is 0 Å². The van der Waals surface area contributed by atoms with Crippen LogP contribution in [0.5, 0.6) is 23.0 Å². The molecule has 1 aromatic heterocycles. The quantitative estimate of drug-likeness (QED) is 0.0863. The standard InChI is InChI=1S/C34H29N3O7/c1-4-42-30-18-22(14-16-28(30)44-34(40)24-15-17-27(43-21(2)38)29(19-24)41-3)20-35-37-33(39)32-31(23-10-6-5-7-11-23)25-12-8-9-13-26(25)36-32/h5-20,36H,4H2,1-3H3,(H,37,39). The Bertz CT molecular complexity index is 1860. The molecule has 10 nitrogen and oxygen atoms in total. The first-order valence-corrected chi connectivity index (χ1v) is 13.7. The zero-order valence-electron chi connectivity index (χ0n) is 24.2. The third-order valence-corrected chi connectivity index (χ3v) is 6.50. The van der Waals surface area contributed by atoms with Gasteiger partial charge in [0.05, 0.1) is 25.5 Å². The number of hydrogen-bond acceptors (Lipinski definition) is 8. The van der Waals surface area contributed by atoms with Gasteiger partial charge >= 0.3 is 11.9 Å². The number of carbonyl (C=O) groups is 3. The van der Waals surface area contributed by atoms with Gasteiger partial charge in [0.25, 0.3) is 5.91 Å². The minimum Gasteiger partial charge on any atom is -0.493 e. The lowest BCUT2D eigenvalue weighted by atomic mass is 10.0. The van der Waals surface area contributed by atoms with E-state index in [4.69, 9.17) is 18.9 Å². The van der Waals surface area contributed by atoms with E-state index in [0.29, 0.717) is 23.6 Å². The number of carbonyl (C=O) groups excluding carboxylic acids is 3. The summed E-state index contributed by atoms with van der Waals surface area (Å²) in [4.78, 5) is 40.7. The van der Waals surface area contributed by atoms with E-state index in [1.807, 2.05) is 54.6 Å². The zero-order chi connectivity index (χ0) is 31.1. The Morgan fingerprint density at radius 2 is 1.57 bits per heavy atom. The fraction of sp³-hybridized carbons (Fsp3) is 0.118. The van der Waals surface area contributed by atoms with E-state index in [-0.39, 0.29) is 22.8 Å². The van der Waals surface area contributed by atoms with Crippen molar-refractivity contribution in [2.45, 2.75) is 13.8 Å². The van der Waals surface area contributed by atoms with Crippen molar-refractivity contribution in [3.63, 3.8) is 0 Å². The maximum Gasteiger partial charge on any atom is 0.343 e. The fourth-order valence-electron chi connectivity index (χ4n) is 4.59. The Morgan fingerprint density at radius 1 is 0.841 bits per heavy atom. The number of nitrogens with one attached hydrogen (secondary N) is 2. The summed E-state index contributed by atoms with van der Waals surface area (Å²) in [7, 11) is 1.40. The SMILES string of the molecule is CCOc1cc(C=NNC(=O)c2[nH]c3ccccc3c2-c2ccccc2)ccc1OC(=O)c1ccc(OC(C)=O)c(OC)c1. The second-order valence-corrected chi connectivity index (χ2v) is 9.47. The lowest BCUT2D eigenvalue weighted by molar-refractivity contribution is -0.132. The Labute approximate surface area is 253 Å². The summed E-state index contributed by atoms with van der Waals surface area (Å²) < 4.78 is 21.6. The number of fused-ring (bicyclic) bond motifs is 1. The molecular formula is C34H29N3O7. The molecule has 0 saturated carbocycles. The van der Waals surface area contributed by atoms with Crippen molar-refractivity contribution < 1.29 is 33.3 Å². The summed E-state index contributed by atoms with van der Waals surface area (Å²) in [6, 6.07) is 26.6. The molecule has 1 amide bonds. The van der Waals surface area contributed by atoms with Gasteiger partial charge in [-0.2, -0.15) is 5.10 Å². The largest absolute Gasteiger partial charge is 0.493 e. The lowest BCUT2D eigenvalue weighted by Crippen LogP contribution is -2.18. The summed E-state index contributed by atoms with van der Waals surface area (Å²) in [6.45, 7) is 3.38. The number of ether oxygens (including phenoxy) is 4. The third kappa shape index (κ3) is 6.60. The number of benzene rings is 4. The van der Waals surface area contributed by atoms with E-state index in [2.05, 4.69) is 15.5 Å². The highest BCUT2D eigenvalue weighted by molar-refractivity contribution is 6.09. The molecule has 0 aliphatic carbocycles. The molecule has 0 spiro atoms. The van der Waals surface area contributed by atoms with Gasteiger partial charge in [-0.05, 0) is 60.5 Å². The van der Waals surface area contributed by atoms with Crippen LogP contribution in [0.25, 0.3) is 22.0 Å². The molecule has 4 aromatic carbocycles. The van der Waals surface area contributed by atoms with E-state index < -0.39 is 17.8 Å². The smallest absolute Gasteiger partial charge is 0.343 e. The van der Waals surface area contributed by atoms with Crippen LogP contribution in [0.1, 0.15) is 40.3 Å². The number of H-pyrrole nitrogens is 1. The van der Waals surface area contributed by atoms with Crippen molar-refractivity contribution in [1.82, 2.24) is 10.4 Å². The molecule has 5 aromatic rings. The summed E-state index contributed by atoms with van der Waals surface area (Å²) >= 11 is 0. The van der Waals surface area contributed by atoms with Crippen molar-refractivity contribution in [1.29, 1.82) is 0 Å². The van der Waals surface area contributed by atoms with Crippen molar-refractivity contribution in [3.05, 3.63) is 108 Å². The van der Waals surface area contributed by atoms with Crippen molar-refractivity contribution in [2.24, 2.45) is 5.10 Å². The number of hydrazone groups is 1. The Kier molecular flexibility index (Phi) is 9.00. The van der Waals surface area contributed by atoms with Gasteiger partial charge in [-0.15, -0.1) is 0 Å². The molecule has 0 fully saturated rings. The molecular weight excluding hydrogens is 562 g/mol. The number of hydrogen-bond donors (Lipinski definition) is 2. The van der Waals surface area contributed by atoms with Crippen LogP contribution in [0.2, 0.25) is 0 Å². The van der Waals surface area contributed by atoms with Gasteiger partial charge in [0.15, 0.2) is 23.0 Å². The molecule has 0 aliphatic rings. The number of nitrogens with zero attached hydrogens (tertiary/aromatic N) is 1. The summed E-state index contributed by atoms with van der Waals surface area (Å²) in [5.74, 6) is -0.701. The Morgan fingerprint density at radius 3 is 2.32 bits per heavy atom. The maximum absolute atomic E-state index is 13.2. The molecule has 0 radical (unpaired) electrons. The van der Waals surface area contributed by atoms with E-state index >= 15 is 0 Å². The molecule has 0 saturated heterocycles. The molecule has 0 atom stereocenters. The van der Waals surface area contributed by atoms with E-state index in [0.717, 1.165) is 22.0 Å². The van der Waals surface area contributed by atoms with Gasteiger partial charge in [-0.25, -0.2) is 10.2 Å². The van der Waals surface area contributed by atoms with Crippen molar-refractivity contribution >= 4 is 35.0 Å². The van der Waals surface area contributed by atoms with Crippen LogP contribution < -0.4 is 24.4 Å². The first-order chi connectivity index (χ1) is 21.4. The van der Waals surface area contributed by atoms with Crippen LogP contribution in [0.15, 0.2) is 96.1 Å². The number of aromatic amines is 1. The number of para-hydroxylation sites is 1. The van der Waals surface area contributed by atoms with Gasteiger partial charge < -0.3 is 23.9 Å². The fourth-order valence-corrected chi connectivity index (χ4v) is 4.59. The zero-order valence-corrected chi connectivity index (χ0v) is 24.2. The van der Waals surface area contributed by atoms with Crippen molar-refractivity contribution in [2.75, 3.05) is 13.7 Å². The highest BCUT2D eigenvalue weighted by Gasteiger charge is 2.19. The van der Waals surface area contributed by atoms with Gasteiger partial charge in [-0.3, -0.25) is 9.59 Å². The molecule has 1 heterocycles. The molecule has 0 unspecified atom stereocenters. The summed E-state index contributed by atoms with van der Waals surface area (Å²) in [6.07, 6.45) is 1.47. The average Bonchev–Trinajstić information content (AvgIpc) is 3.42. The normalized spacial score (nSPS) is 10.9. The van der Waals surface area contributed by atoms with Gasteiger partial charge in [-0.1, -0.05) is 48.5 Å². The molecule has 10 heteroatoms. The van der Waals surface area contributed by atoms with Crippen LogP contribution in [-0.2, 0) is 4.79 Å². The summed E-state index contributed by atoms with van der Waals surface area (Å²) in [5, 5.41) is 5.08. The van der Waals surface area contributed by atoms with Crippen molar-refractivity contribution in [3.8, 4) is 34.1 Å². The van der Waals surface area contributed by atoms with Crippen LogP contribution >= 0.6 is 0 Å². The Balaban J connectivity index is 1.32. The molecule has 44 heavy (non-hydrogen) atoms. The lowest BCUT2D eigenvalue weighted by Gasteiger charge is -2.13. The van der Waals surface area contributed by atoms with Crippen LogP contribution in [0, 0.1) is 0 Å².